The number of nitro groups is 1. The van der Waals surface area contributed by atoms with Crippen molar-refractivity contribution < 1.29 is 18.1 Å². The van der Waals surface area contributed by atoms with Crippen LogP contribution in [0.5, 0.6) is 0 Å². The predicted octanol–water partition coefficient (Wildman–Crippen LogP) is 3.78. The van der Waals surface area contributed by atoms with Crippen LogP contribution < -0.4 is 0 Å². The smallest absolute Gasteiger partial charge is 0.258 e. The van der Waals surface area contributed by atoms with Crippen LogP contribution in [0.15, 0.2) is 18.2 Å². The van der Waals surface area contributed by atoms with Gasteiger partial charge in [-0.05, 0) is 25.0 Å². The molecule has 0 aliphatic rings. The van der Waals surface area contributed by atoms with Gasteiger partial charge in [0.15, 0.2) is 0 Å². The first-order valence-electron chi connectivity index (χ1n) is 4.70. The molecule has 0 saturated carbocycles. The molecule has 1 aromatic rings. The molecule has 0 heterocycles. The van der Waals surface area contributed by atoms with Crippen molar-refractivity contribution in [3.8, 4) is 0 Å². The summed E-state index contributed by atoms with van der Waals surface area (Å²) < 4.78 is 37.8. The Labute approximate surface area is 100 Å². The van der Waals surface area contributed by atoms with Crippen molar-refractivity contribution in [3.05, 3.63) is 39.4 Å². The zero-order chi connectivity index (χ0) is 13.2. The molecule has 1 aromatic carbocycles. The van der Waals surface area contributed by atoms with Crippen LogP contribution in [0.1, 0.15) is 18.1 Å². The number of halogens is 4. The number of hydrogen-bond donors (Lipinski definition) is 0. The molecule has 1 atom stereocenters. The van der Waals surface area contributed by atoms with Gasteiger partial charge < -0.3 is 0 Å². The van der Waals surface area contributed by atoms with Gasteiger partial charge in [-0.25, -0.2) is 0 Å². The van der Waals surface area contributed by atoms with Gasteiger partial charge in [-0.15, -0.1) is 11.6 Å². The lowest BCUT2D eigenvalue weighted by atomic mass is 10.0. The van der Waals surface area contributed by atoms with Crippen molar-refractivity contribution in [1.82, 2.24) is 0 Å². The van der Waals surface area contributed by atoms with Crippen molar-refractivity contribution in [2.45, 2.75) is 24.9 Å². The lowest BCUT2D eigenvalue weighted by Gasteiger charge is -2.10. The first kappa shape index (κ1) is 13.8. The molecule has 1 unspecified atom stereocenters. The summed E-state index contributed by atoms with van der Waals surface area (Å²) in [5.41, 5.74) is -1.86. The van der Waals surface area contributed by atoms with Crippen LogP contribution in [-0.4, -0.2) is 10.3 Å². The highest BCUT2D eigenvalue weighted by Crippen LogP contribution is 2.36. The number of rotatable bonds is 3. The van der Waals surface area contributed by atoms with Crippen molar-refractivity contribution in [1.29, 1.82) is 0 Å². The highest BCUT2D eigenvalue weighted by molar-refractivity contribution is 6.20. The van der Waals surface area contributed by atoms with Crippen molar-refractivity contribution in [3.63, 3.8) is 0 Å². The Morgan fingerprint density at radius 1 is 1.47 bits per heavy atom. The van der Waals surface area contributed by atoms with Crippen LogP contribution in [0.3, 0.4) is 0 Å². The summed E-state index contributed by atoms with van der Waals surface area (Å²) >= 11 is 5.67. The molecule has 0 radical (unpaired) electrons. The van der Waals surface area contributed by atoms with E-state index in [0.29, 0.717) is 5.56 Å². The summed E-state index contributed by atoms with van der Waals surface area (Å²) in [7, 11) is 0. The maximum absolute atomic E-state index is 12.6. The van der Waals surface area contributed by atoms with Gasteiger partial charge in [0, 0.05) is 11.4 Å². The van der Waals surface area contributed by atoms with Crippen LogP contribution in [0.2, 0.25) is 0 Å². The van der Waals surface area contributed by atoms with Gasteiger partial charge in [-0.2, -0.15) is 13.2 Å². The van der Waals surface area contributed by atoms with Gasteiger partial charge in [0.1, 0.15) is 5.56 Å². The normalized spacial score (nSPS) is 13.5. The van der Waals surface area contributed by atoms with Crippen LogP contribution >= 0.6 is 11.6 Å². The van der Waals surface area contributed by atoms with Gasteiger partial charge in [0.25, 0.3) is 5.69 Å². The summed E-state index contributed by atoms with van der Waals surface area (Å²) in [6.07, 6.45) is -4.52. The van der Waals surface area contributed by atoms with Gasteiger partial charge in [0.2, 0.25) is 0 Å². The molecule has 0 aromatic heterocycles. The Balaban J connectivity index is 3.25. The number of hydrogen-bond acceptors (Lipinski definition) is 2. The van der Waals surface area contributed by atoms with E-state index in [1.54, 1.807) is 6.92 Å². The van der Waals surface area contributed by atoms with E-state index >= 15 is 0 Å². The fourth-order valence-electron chi connectivity index (χ4n) is 1.42. The number of nitrogens with zero attached hydrogens (tertiary/aromatic N) is 1. The minimum Gasteiger partial charge on any atom is -0.258 e. The van der Waals surface area contributed by atoms with Gasteiger partial charge in [-0.3, -0.25) is 10.1 Å². The quantitative estimate of drug-likeness (QED) is 0.475. The molecule has 0 bridgehead atoms. The fraction of sp³-hybridized carbons (Fsp3) is 0.400. The molecule has 0 aliphatic carbocycles. The third-order valence-corrected chi connectivity index (χ3v) is 2.23. The summed E-state index contributed by atoms with van der Waals surface area (Å²) in [4.78, 5) is 9.44. The third-order valence-electron chi connectivity index (χ3n) is 2.08. The average Bonchev–Trinajstić information content (AvgIpc) is 2.14. The molecule has 0 saturated heterocycles. The van der Waals surface area contributed by atoms with Gasteiger partial charge in [-0.1, -0.05) is 6.07 Å². The Hall–Kier alpha value is -1.30. The largest absolute Gasteiger partial charge is 0.423 e. The molecule has 3 nitrogen and oxygen atoms in total. The average molecular weight is 268 g/mol. The van der Waals surface area contributed by atoms with Crippen molar-refractivity contribution >= 4 is 17.3 Å². The number of alkyl halides is 4. The van der Waals surface area contributed by atoms with E-state index in [1.807, 2.05) is 0 Å². The molecular weight excluding hydrogens is 259 g/mol. The molecule has 1 rings (SSSR count). The summed E-state index contributed by atoms with van der Waals surface area (Å²) in [6.45, 7) is 1.64. The van der Waals surface area contributed by atoms with Crippen LogP contribution in [0.4, 0.5) is 18.9 Å². The Morgan fingerprint density at radius 2 is 2.06 bits per heavy atom. The lowest BCUT2D eigenvalue weighted by Crippen LogP contribution is -2.10. The Bertz CT molecular complexity index is 432. The molecule has 0 spiro atoms. The maximum Gasteiger partial charge on any atom is 0.423 e. The van der Waals surface area contributed by atoms with Crippen LogP contribution in [0.25, 0.3) is 0 Å². The number of benzene rings is 1. The van der Waals surface area contributed by atoms with E-state index in [9.17, 15) is 23.3 Å². The molecule has 0 N–H and O–H groups in total. The third kappa shape index (κ3) is 3.59. The highest BCUT2D eigenvalue weighted by atomic mass is 35.5. The predicted molar refractivity (Wildman–Crippen MR) is 57.1 cm³/mol. The Morgan fingerprint density at radius 3 is 2.47 bits per heavy atom. The zero-order valence-corrected chi connectivity index (χ0v) is 9.55. The highest BCUT2D eigenvalue weighted by Gasteiger charge is 2.38. The van der Waals surface area contributed by atoms with E-state index in [0.717, 1.165) is 12.1 Å². The van der Waals surface area contributed by atoms with Crippen molar-refractivity contribution in [2.75, 3.05) is 0 Å². The fourth-order valence-corrected chi connectivity index (χ4v) is 1.60. The monoisotopic (exact) mass is 267 g/mol. The second-order valence-corrected chi connectivity index (χ2v) is 4.34. The Kier molecular flexibility index (Phi) is 3.98. The zero-order valence-electron chi connectivity index (χ0n) is 8.79. The standard InChI is InChI=1S/C10H9ClF3NO2/c1-6(11)4-7-2-3-9(15(16)17)8(5-7)10(12,13)14/h2-3,5-6H,4H2,1H3. The first-order chi connectivity index (χ1) is 7.71. The first-order valence-corrected chi connectivity index (χ1v) is 5.14. The number of nitro benzene ring substituents is 1. The summed E-state index contributed by atoms with van der Waals surface area (Å²) in [5.74, 6) is 0. The molecule has 0 fully saturated rings. The molecule has 7 heteroatoms. The lowest BCUT2D eigenvalue weighted by molar-refractivity contribution is -0.388. The molecule has 0 aliphatic heterocycles. The minimum absolute atomic E-state index is 0.225. The van der Waals surface area contributed by atoms with E-state index in [2.05, 4.69) is 0 Å². The van der Waals surface area contributed by atoms with Crippen LogP contribution in [-0.2, 0) is 12.6 Å². The SMILES string of the molecule is CC(Cl)Cc1ccc([N+](=O)[O-])c(C(F)(F)F)c1. The van der Waals surface area contributed by atoms with E-state index < -0.39 is 22.4 Å². The van der Waals surface area contributed by atoms with Crippen LogP contribution in [0, 0.1) is 10.1 Å². The van der Waals surface area contributed by atoms with Crippen molar-refractivity contribution in [2.24, 2.45) is 0 Å². The van der Waals surface area contributed by atoms with Gasteiger partial charge in [0.05, 0.1) is 4.92 Å². The molecule has 0 amide bonds. The van der Waals surface area contributed by atoms with E-state index in [-0.39, 0.29) is 11.8 Å². The van der Waals surface area contributed by atoms with Gasteiger partial charge >= 0.3 is 6.18 Å². The van der Waals surface area contributed by atoms with E-state index in [1.165, 1.54) is 6.07 Å². The summed E-state index contributed by atoms with van der Waals surface area (Å²) in [6, 6.07) is 2.92. The molecule has 17 heavy (non-hydrogen) atoms. The maximum atomic E-state index is 12.6. The van der Waals surface area contributed by atoms with E-state index in [4.69, 9.17) is 11.6 Å². The molecular formula is C10H9ClF3NO2. The topological polar surface area (TPSA) is 43.1 Å². The second kappa shape index (κ2) is 4.91. The summed E-state index contributed by atoms with van der Waals surface area (Å²) in [5, 5.41) is 10.1. The molecule has 94 valence electrons. The minimum atomic E-state index is -4.74. The second-order valence-electron chi connectivity index (χ2n) is 3.59.